The topological polar surface area (TPSA) is 101 Å². The molecule has 14 heteroatoms. The lowest BCUT2D eigenvalue weighted by atomic mass is 10.2. The normalized spacial score (nSPS) is 13.9. The molecule has 2 aromatic carbocycles. The third kappa shape index (κ3) is 6.65. The molecule has 210 valence electrons. The van der Waals surface area contributed by atoms with Crippen LogP contribution in [0.15, 0.2) is 70.7 Å². The Kier molecular flexibility index (Phi) is 10.2. The number of nitrogens with one attached hydrogen (secondary N) is 1. The van der Waals surface area contributed by atoms with E-state index in [4.69, 9.17) is 33.9 Å². The van der Waals surface area contributed by atoms with Crippen molar-refractivity contribution in [1.29, 1.82) is 0 Å². The fourth-order valence-electron chi connectivity index (χ4n) is 4.19. The van der Waals surface area contributed by atoms with Gasteiger partial charge in [-0.2, -0.15) is 0 Å². The Morgan fingerprint density at radius 2 is 1.41 bits per heavy atom. The number of aromatic nitrogens is 2. The first-order valence-electron chi connectivity index (χ1n) is 11.5. The zero-order valence-corrected chi connectivity index (χ0v) is 25.7. The lowest BCUT2D eigenvalue weighted by molar-refractivity contribution is 0.586. The number of benzene rings is 2. The molecule has 3 heterocycles. The number of piperazine rings is 1. The molecule has 0 spiro atoms. The second-order valence-corrected chi connectivity index (χ2v) is 13.7. The first kappa shape index (κ1) is 31.5. The molecular weight excluding hydrogens is 626 g/mol. The van der Waals surface area contributed by atoms with Crippen LogP contribution in [0.5, 0.6) is 0 Å². The van der Waals surface area contributed by atoms with Crippen molar-refractivity contribution < 1.29 is 16.8 Å². The molecule has 0 atom stereocenters. The third-order valence-electron chi connectivity index (χ3n) is 6.21. The first-order chi connectivity index (χ1) is 17.9. The second-order valence-electron chi connectivity index (χ2n) is 8.58. The van der Waals surface area contributed by atoms with E-state index in [-0.39, 0.29) is 22.2 Å². The molecule has 1 aliphatic heterocycles. The number of nitrogens with zero attached hydrogens (tertiary/aromatic N) is 3. The van der Waals surface area contributed by atoms with Crippen LogP contribution in [0.2, 0.25) is 10.0 Å². The largest absolute Gasteiger partial charge is 0.354 e. The highest BCUT2D eigenvalue weighted by atomic mass is 35.7. The highest BCUT2D eigenvalue weighted by Gasteiger charge is 2.24. The van der Waals surface area contributed by atoms with Gasteiger partial charge in [-0.15, -0.1) is 12.4 Å². The number of hydrogen-bond acceptors (Lipinski definition) is 7. The number of pyridine rings is 1. The summed E-state index contributed by atoms with van der Waals surface area (Å²) in [5.41, 5.74) is 1.65. The number of anilines is 1. The number of rotatable bonds is 4. The summed E-state index contributed by atoms with van der Waals surface area (Å²) in [4.78, 5) is 6.96. The van der Waals surface area contributed by atoms with Crippen molar-refractivity contribution in [1.82, 2.24) is 14.3 Å². The molecule has 0 radical (unpaired) electrons. The SMILES string of the molecule is Cc1c(Cl)cccc1S(=O)(=O)Cl.Cc1c(Cl)cccc1S(=O)(=O)n1ccc2c(N3CCNCC3)nccc21.Cl. The van der Waals surface area contributed by atoms with Crippen LogP contribution in [0, 0.1) is 13.8 Å². The summed E-state index contributed by atoms with van der Waals surface area (Å²) >= 11 is 11.8. The maximum Gasteiger partial charge on any atom is 0.268 e. The molecule has 1 saturated heterocycles. The minimum absolute atomic E-state index is 0. The molecule has 0 saturated carbocycles. The molecule has 0 unspecified atom stereocenters. The van der Waals surface area contributed by atoms with Gasteiger partial charge in [-0.25, -0.2) is 25.8 Å². The molecule has 8 nitrogen and oxygen atoms in total. The van der Waals surface area contributed by atoms with E-state index in [2.05, 4.69) is 15.2 Å². The first-order valence-corrected chi connectivity index (χ1v) is 16.1. The van der Waals surface area contributed by atoms with Crippen LogP contribution in [0.4, 0.5) is 5.82 Å². The average molecular weight is 652 g/mol. The van der Waals surface area contributed by atoms with Gasteiger partial charge in [0.05, 0.1) is 15.3 Å². The van der Waals surface area contributed by atoms with Crippen LogP contribution in [-0.4, -0.2) is 52.0 Å². The van der Waals surface area contributed by atoms with Crippen molar-refractivity contribution >= 4 is 82.1 Å². The van der Waals surface area contributed by atoms with E-state index in [9.17, 15) is 16.8 Å². The Morgan fingerprint density at radius 3 is 1.97 bits per heavy atom. The van der Waals surface area contributed by atoms with Gasteiger partial charge in [0.25, 0.3) is 19.1 Å². The second kappa shape index (κ2) is 12.6. The zero-order valence-electron chi connectivity index (χ0n) is 20.9. The van der Waals surface area contributed by atoms with Crippen molar-refractivity contribution in [2.75, 3.05) is 31.1 Å². The zero-order chi connectivity index (χ0) is 27.7. The highest BCUT2D eigenvalue weighted by Crippen LogP contribution is 2.31. The molecule has 0 amide bonds. The van der Waals surface area contributed by atoms with Crippen molar-refractivity contribution in [3.8, 4) is 0 Å². The summed E-state index contributed by atoms with van der Waals surface area (Å²) in [6.45, 7) is 6.79. The fraction of sp³-hybridized carbons (Fsp3) is 0.240. The van der Waals surface area contributed by atoms with Crippen LogP contribution in [0.25, 0.3) is 10.9 Å². The van der Waals surface area contributed by atoms with Crippen molar-refractivity contribution in [2.24, 2.45) is 0 Å². The van der Waals surface area contributed by atoms with E-state index in [1.165, 1.54) is 10.0 Å². The Hall–Kier alpha value is -2.05. The molecule has 4 aromatic rings. The van der Waals surface area contributed by atoms with Gasteiger partial charge in [0.15, 0.2) is 0 Å². The van der Waals surface area contributed by atoms with Gasteiger partial charge in [-0.3, -0.25) is 0 Å². The Balaban J connectivity index is 0.000000274. The quantitative estimate of drug-likeness (QED) is 0.285. The van der Waals surface area contributed by atoms with Gasteiger partial charge in [-0.05, 0) is 61.4 Å². The predicted molar refractivity (Wildman–Crippen MR) is 160 cm³/mol. The minimum atomic E-state index is -3.75. The molecule has 1 fully saturated rings. The molecule has 1 aliphatic rings. The lowest BCUT2D eigenvalue weighted by Gasteiger charge is -2.28. The molecular formula is C25H26Cl4N4O4S2. The van der Waals surface area contributed by atoms with Gasteiger partial charge in [0, 0.05) is 64.7 Å². The van der Waals surface area contributed by atoms with Crippen molar-refractivity contribution in [3.63, 3.8) is 0 Å². The predicted octanol–water partition coefficient (Wildman–Crippen LogP) is 5.64. The van der Waals surface area contributed by atoms with E-state index in [0.717, 1.165) is 37.4 Å². The summed E-state index contributed by atoms with van der Waals surface area (Å²) < 4.78 is 49.6. The Bertz CT molecular complexity index is 1700. The molecule has 5 rings (SSSR count). The van der Waals surface area contributed by atoms with Gasteiger partial charge in [-0.1, -0.05) is 35.3 Å². The maximum atomic E-state index is 13.2. The number of fused-ring (bicyclic) bond motifs is 1. The fourth-order valence-corrected chi connectivity index (χ4v) is 7.47. The lowest BCUT2D eigenvalue weighted by Crippen LogP contribution is -2.43. The van der Waals surface area contributed by atoms with E-state index >= 15 is 0 Å². The maximum absolute atomic E-state index is 13.2. The molecule has 1 N–H and O–H groups in total. The average Bonchev–Trinajstić information content (AvgIpc) is 3.33. The van der Waals surface area contributed by atoms with Gasteiger partial charge in [0.2, 0.25) is 0 Å². The third-order valence-corrected chi connectivity index (χ3v) is 10.3. The monoisotopic (exact) mass is 650 g/mol. The van der Waals surface area contributed by atoms with E-state index in [1.54, 1.807) is 62.6 Å². The van der Waals surface area contributed by atoms with E-state index in [0.29, 0.717) is 26.7 Å². The van der Waals surface area contributed by atoms with Crippen LogP contribution < -0.4 is 10.2 Å². The van der Waals surface area contributed by atoms with Crippen molar-refractivity contribution in [2.45, 2.75) is 23.6 Å². The smallest absolute Gasteiger partial charge is 0.268 e. The van der Waals surface area contributed by atoms with E-state index in [1.807, 2.05) is 6.07 Å². The molecule has 0 bridgehead atoms. The van der Waals surface area contributed by atoms with Crippen LogP contribution in [0.3, 0.4) is 0 Å². The van der Waals surface area contributed by atoms with Crippen LogP contribution in [0.1, 0.15) is 11.1 Å². The van der Waals surface area contributed by atoms with Gasteiger partial charge < -0.3 is 10.2 Å². The highest BCUT2D eigenvalue weighted by molar-refractivity contribution is 8.13. The summed E-state index contributed by atoms with van der Waals surface area (Å²) in [7, 11) is -2.27. The number of hydrogen-bond donors (Lipinski definition) is 1. The molecule has 2 aromatic heterocycles. The number of halogens is 4. The summed E-state index contributed by atoms with van der Waals surface area (Å²) in [6.07, 6.45) is 3.25. The Morgan fingerprint density at radius 1 is 0.846 bits per heavy atom. The Labute approximate surface area is 248 Å². The van der Waals surface area contributed by atoms with Gasteiger partial charge in [0.1, 0.15) is 5.82 Å². The molecule has 0 aliphatic carbocycles. The molecule has 39 heavy (non-hydrogen) atoms. The summed E-state index contributed by atoms with van der Waals surface area (Å²) in [6, 6.07) is 13.1. The van der Waals surface area contributed by atoms with Crippen LogP contribution in [-0.2, 0) is 19.1 Å². The van der Waals surface area contributed by atoms with E-state index < -0.39 is 19.1 Å². The summed E-state index contributed by atoms with van der Waals surface area (Å²) in [5, 5.41) is 4.98. The standard InChI is InChI=1S/C18H19ClN4O2S.C7H6Cl2O2S.ClH/c1-13-15(19)3-2-4-17(13)26(24,25)23-10-6-14-16(23)5-7-21-18(14)22-11-8-20-9-12-22;1-5-6(8)3-2-4-7(5)12(9,10)11;/h2-7,10,20H,8-9,11-12H2,1H3;2-4H,1H3;1H. The van der Waals surface area contributed by atoms with Crippen molar-refractivity contribution in [3.05, 3.63) is 82.1 Å². The van der Waals surface area contributed by atoms with Gasteiger partial charge >= 0.3 is 0 Å². The minimum Gasteiger partial charge on any atom is -0.354 e. The van der Waals surface area contributed by atoms with Crippen LogP contribution >= 0.6 is 46.3 Å². The summed E-state index contributed by atoms with van der Waals surface area (Å²) in [5.74, 6) is 0.820.